The van der Waals surface area contributed by atoms with E-state index in [0.29, 0.717) is 18.7 Å². The lowest BCUT2D eigenvalue weighted by atomic mass is 10.3. The first-order valence-corrected chi connectivity index (χ1v) is 7.46. The number of nitrogens with two attached hydrogens (primary N) is 1. The Bertz CT molecular complexity index is 759. The fourth-order valence-electron chi connectivity index (χ4n) is 1.77. The van der Waals surface area contributed by atoms with Gasteiger partial charge in [0.1, 0.15) is 23.1 Å². The molecule has 0 aliphatic carbocycles. The van der Waals surface area contributed by atoms with Crippen molar-refractivity contribution >= 4 is 10.0 Å². The summed E-state index contributed by atoms with van der Waals surface area (Å²) in [4.78, 5) is 3.28. The van der Waals surface area contributed by atoms with Gasteiger partial charge in [0.25, 0.3) is 0 Å². The number of nitrogens with zero attached hydrogens (tertiary/aromatic N) is 2. The molecule has 0 bridgehead atoms. The zero-order valence-electron chi connectivity index (χ0n) is 11.1. The summed E-state index contributed by atoms with van der Waals surface area (Å²) in [7, 11) is -4.30. The predicted octanol–water partition coefficient (Wildman–Crippen LogP) is 1.20. The minimum Gasteiger partial charge on any atom is -0.487 e. The molecule has 1 heterocycles. The molecule has 0 aliphatic rings. The molecule has 0 radical (unpaired) electrons. The Balaban J connectivity index is 2.22. The Kier molecular flexibility index (Phi) is 4.24. The van der Waals surface area contributed by atoms with Gasteiger partial charge in [0.2, 0.25) is 10.0 Å². The summed E-state index contributed by atoms with van der Waals surface area (Å²) in [5.41, 5.74) is 0. The third kappa shape index (κ3) is 3.56. The number of rotatable bonds is 5. The van der Waals surface area contributed by atoms with Crippen molar-refractivity contribution in [3.63, 3.8) is 0 Å². The van der Waals surface area contributed by atoms with E-state index in [1.807, 2.05) is 0 Å². The van der Waals surface area contributed by atoms with Gasteiger partial charge >= 0.3 is 0 Å². The zero-order chi connectivity index (χ0) is 15.6. The van der Waals surface area contributed by atoms with E-state index in [2.05, 4.69) is 4.98 Å². The number of primary sulfonamides is 1. The molecule has 6 nitrogen and oxygen atoms in total. The molecular formula is C12H13F2N3O3S. The summed E-state index contributed by atoms with van der Waals surface area (Å²) in [6, 6.07) is 1.16. The fourth-order valence-corrected chi connectivity index (χ4v) is 2.47. The maximum absolute atomic E-state index is 13.7. The van der Waals surface area contributed by atoms with Crippen LogP contribution in [0.5, 0.6) is 5.75 Å². The highest BCUT2D eigenvalue weighted by molar-refractivity contribution is 7.89. The monoisotopic (exact) mass is 317 g/mol. The molecule has 0 fully saturated rings. The second-order valence-electron chi connectivity index (χ2n) is 4.28. The molecule has 1 aromatic heterocycles. The van der Waals surface area contributed by atoms with E-state index in [0.717, 1.165) is 5.82 Å². The van der Waals surface area contributed by atoms with Gasteiger partial charge in [-0.2, -0.15) is 0 Å². The average molecular weight is 317 g/mol. The summed E-state index contributed by atoms with van der Waals surface area (Å²) in [6.45, 7) is 2.07. The van der Waals surface area contributed by atoms with E-state index in [-0.39, 0.29) is 6.61 Å². The molecule has 21 heavy (non-hydrogen) atoms. The number of imidazole rings is 1. The van der Waals surface area contributed by atoms with Gasteiger partial charge in [-0.3, -0.25) is 0 Å². The van der Waals surface area contributed by atoms with E-state index in [9.17, 15) is 17.2 Å². The van der Waals surface area contributed by atoms with Crippen molar-refractivity contribution in [3.8, 4) is 5.75 Å². The maximum atomic E-state index is 13.7. The molecule has 0 saturated heterocycles. The van der Waals surface area contributed by atoms with Crippen LogP contribution < -0.4 is 9.88 Å². The van der Waals surface area contributed by atoms with Crippen molar-refractivity contribution in [2.45, 2.75) is 18.4 Å². The standard InChI is InChI=1S/C12H13F2N3O3S/c1-8-16-2-3-17(8)4-5-20-12-10(14)6-9(13)7-11(12)21(15,18)19/h2-3,6-7H,4-5H2,1H3,(H2,15,18,19). The average Bonchev–Trinajstić information content (AvgIpc) is 2.76. The zero-order valence-corrected chi connectivity index (χ0v) is 11.9. The summed E-state index contributed by atoms with van der Waals surface area (Å²) in [5.74, 6) is -2.03. The Morgan fingerprint density at radius 1 is 1.38 bits per heavy atom. The van der Waals surface area contributed by atoms with E-state index < -0.39 is 32.3 Å². The SMILES string of the molecule is Cc1nccn1CCOc1c(F)cc(F)cc1S(N)(=O)=O. The van der Waals surface area contributed by atoms with Crippen LogP contribution in [-0.4, -0.2) is 24.6 Å². The van der Waals surface area contributed by atoms with Crippen molar-refractivity contribution in [1.29, 1.82) is 0 Å². The van der Waals surface area contributed by atoms with E-state index in [1.165, 1.54) is 0 Å². The van der Waals surface area contributed by atoms with Crippen LogP contribution in [0.4, 0.5) is 8.78 Å². The first-order chi connectivity index (χ1) is 9.79. The molecule has 2 N–H and O–H groups in total. The van der Waals surface area contributed by atoms with Crippen LogP contribution >= 0.6 is 0 Å². The smallest absolute Gasteiger partial charge is 0.241 e. The number of benzene rings is 1. The predicted molar refractivity (Wildman–Crippen MR) is 70.2 cm³/mol. The molecule has 0 saturated carbocycles. The van der Waals surface area contributed by atoms with Crippen LogP contribution in [0.3, 0.4) is 0 Å². The van der Waals surface area contributed by atoms with Crippen LogP contribution in [0.15, 0.2) is 29.4 Å². The van der Waals surface area contributed by atoms with Crippen LogP contribution in [0.25, 0.3) is 0 Å². The molecule has 2 rings (SSSR count). The number of sulfonamides is 1. The lowest BCUT2D eigenvalue weighted by molar-refractivity contribution is 0.274. The molecule has 0 aliphatic heterocycles. The van der Waals surface area contributed by atoms with Gasteiger partial charge in [-0.25, -0.2) is 27.3 Å². The van der Waals surface area contributed by atoms with E-state index in [4.69, 9.17) is 9.88 Å². The van der Waals surface area contributed by atoms with E-state index in [1.54, 1.807) is 23.9 Å². The van der Waals surface area contributed by atoms with Crippen LogP contribution in [0, 0.1) is 18.6 Å². The van der Waals surface area contributed by atoms with Crippen LogP contribution in [0.1, 0.15) is 5.82 Å². The third-order valence-electron chi connectivity index (χ3n) is 2.78. The Hall–Kier alpha value is -2.00. The third-order valence-corrected chi connectivity index (χ3v) is 3.70. The summed E-state index contributed by atoms with van der Waals surface area (Å²) in [5, 5.41) is 4.93. The lowest BCUT2D eigenvalue weighted by Gasteiger charge is -2.12. The summed E-state index contributed by atoms with van der Waals surface area (Å²) >= 11 is 0. The molecule has 0 spiro atoms. The van der Waals surface area contributed by atoms with Gasteiger partial charge in [0, 0.05) is 18.5 Å². The molecule has 0 amide bonds. The molecule has 0 atom stereocenters. The summed E-state index contributed by atoms with van der Waals surface area (Å²) in [6.07, 6.45) is 3.28. The molecule has 9 heteroatoms. The quantitative estimate of drug-likeness (QED) is 0.897. The molecule has 114 valence electrons. The fraction of sp³-hybridized carbons (Fsp3) is 0.250. The molecular weight excluding hydrogens is 304 g/mol. The molecule has 2 aromatic rings. The highest BCUT2D eigenvalue weighted by Gasteiger charge is 2.21. The van der Waals surface area contributed by atoms with Gasteiger partial charge in [0.15, 0.2) is 11.6 Å². The topological polar surface area (TPSA) is 87.2 Å². The Morgan fingerprint density at radius 3 is 2.67 bits per heavy atom. The van der Waals surface area contributed by atoms with Gasteiger partial charge < -0.3 is 9.30 Å². The van der Waals surface area contributed by atoms with Crippen LogP contribution in [-0.2, 0) is 16.6 Å². The number of aromatic nitrogens is 2. The number of hydrogen-bond donors (Lipinski definition) is 1. The van der Waals surface area contributed by atoms with Gasteiger partial charge in [0.05, 0.1) is 6.54 Å². The minimum atomic E-state index is -4.30. The second-order valence-corrected chi connectivity index (χ2v) is 5.81. The number of aryl methyl sites for hydroxylation is 1. The van der Waals surface area contributed by atoms with Crippen molar-refractivity contribution in [2.24, 2.45) is 5.14 Å². The summed E-state index contributed by atoms with van der Waals surface area (Å²) < 4.78 is 56.4. The molecule has 1 aromatic carbocycles. The number of halogens is 2. The Morgan fingerprint density at radius 2 is 2.10 bits per heavy atom. The lowest BCUT2D eigenvalue weighted by Crippen LogP contribution is -2.17. The maximum Gasteiger partial charge on any atom is 0.241 e. The van der Waals surface area contributed by atoms with Crippen molar-refractivity contribution in [1.82, 2.24) is 9.55 Å². The van der Waals surface area contributed by atoms with Gasteiger partial charge in [-0.15, -0.1) is 0 Å². The second kappa shape index (κ2) is 5.78. The van der Waals surface area contributed by atoms with E-state index >= 15 is 0 Å². The first kappa shape index (κ1) is 15.4. The Labute approximate surface area is 120 Å². The first-order valence-electron chi connectivity index (χ1n) is 5.91. The van der Waals surface area contributed by atoms with Gasteiger partial charge in [-0.05, 0) is 13.0 Å². The largest absolute Gasteiger partial charge is 0.487 e. The van der Waals surface area contributed by atoms with Gasteiger partial charge in [-0.1, -0.05) is 0 Å². The van der Waals surface area contributed by atoms with Crippen LogP contribution in [0.2, 0.25) is 0 Å². The van der Waals surface area contributed by atoms with Crippen molar-refractivity contribution in [3.05, 3.63) is 42.0 Å². The molecule has 0 unspecified atom stereocenters. The normalized spacial score (nSPS) is 11.6. The number of ether oxygens (including phenoxy) is 1. The van der Waals surface area contributed by atoms with Crippen molar-refractivity contribution in [2.75, 3.05) is 6.61 Å². The minimum absolute atomic E-state index is 0.0255. The highest BCUT2D eigenvalue weighted by atomic mass is 32.2. The van der Waals surface area contributed by atoms with Crippen molar-refractivity contribution < 1.29 is 21.9 Å². The number of hydrogen-bond acceptors (Lipinski definition) is 4. The highest BCUT2D eigenvalue weighted by Crippen LogP contribution is 2.27.